The van der Waals surface area contributed by atoms with E-state index in [2.05, 4.69) is 37.9 Å². The summed E-state index contributed by atoms with van der Waals surface area (Å²) < 4.78 is 0. The van der Waals surface area contributed by atoms with Crippen LogP contribution in [0.5, 0.6) is 0 Å². The van der Waals surface area contributed by atoms with Gasteiger partial charge in [0, 0.05) is 41.2 Å². The van der Waals surface area contributed by atoms with Crippen LogP contribution in [0, 0.1) is 0 Å². The first-order valence-electron chi connectivity index (χ1n) is 11.7. The van der Waals surface area contributed by atoms with E-state index in [1.54, 1.807) is 18.3 Å². The molecule has 1 saturated heterocycles. The maximum Gasteiger partial charge on any atom is 0.251 e. The van der Waals surface area contributed by atoms with Crippen molar-refractivity contribution in [3.05, 3.63) is 65.9 Å². The van der Waals surface area contributed by atoms with E-state index in [1.165, 1.54) is 12.8 Å². The maximum atomic E-state index is 12.5. The highest BCUT2D eigenvalue weighted by atomic mass is 16.2. The average Bonchev–Trinajstić information content (AvgIpc) is 3.18. The van der Waals surface area contributed by atoms with Crippen LogP contribution in [0.25, 0.3) is 11.3 Å². The summed E-state index contributed by atoms with van der Waals surface area (Å²) in [5.41, 5.74) is 4.52. The maximum absolute atomic E-state index is 12.5. The molecule has 1 aromatic heterocycles. The minimum atomic E-state index is -0.0837. The van der Waals surface area contributed by atoms with Crippen molar-refractivity contribution in [2.45, 2.75) is 31.7 Å². The molecule has 34 heavy (non-hydrogen) atoms. The molecule has 3 heterocycles. The van der Waals surface area contributed by atoms with Gasteiger partial charge in [-0.3, -0.25) is 9.59 Å². The summed E-state index contributed by atoms with van der Waals surface area (Å²) >= 11 is 0. The summed E-state index contributed by atoms with van der Waals surface area (Å²) in [6.07, 6.45) is 5.33. The van der Waals surface area contributed by atoms with E-state index < -0.39 is 0 Å². The Morgan fingerprint density at radius 3 is 2.79 bits per heavy atom. The standard InChI is InChI=1S/C26H28N6O2/c1-32-14-4-5-20(32)12-13-27-25(34)17-8-10-19(11-9-17)29-26-28-16-18-15-23(33)30-22-7-3-2-6-21(22)24(18)31-26/h2-3,6-11,16,20H,4-5,12-15H2,1H3,(H,27,34)(H,30,33)(H,28,29,31). The van der Waals surface area contributed by atoms with Crippen molar-refractivity contribution in [1.82, 2.24) is 20.2 Å². The number of nitrogens with zero attached hydrogens (tertiary/aromatic N) is 3. The molecular formula is C26H28N6O2. The summed E-state index contributed by atoms with van der Waals surface area (Å²) in [5, 5.41) is 9.15. The minimum absolute atomic E-state index is 0.0674. The monoisotopic (exact) mass is 456 g/mol. The largest absolute Gasteiger partial charge is 0.352 e. The number of anilines is 3. The molecule has 0 saturated carbocycles. The number of rotatable bonds is 6. The third kappa shape index (κ3) is 4.77. The van der Waals surface area contributed by atoms with Gasteiger partial charge in [-0.05, 0) is 63.2 Å². The van der Waals surface area contributed by atoms with E-state index in [-0.39, 0.29) is 18.2 Å². The molecule has 8 heteroatoms. The summed E-state index contributed by atoms with van der Waals surface area (Å²) in [6, 6.07) is 15.4. The number of hydrogen-bond acceptors (Lipinski definition) is 6. The molecule has 1 fully saturated rings. The SMILES string of the molecule is CN1CCCC1CCNC(=O)c1ccc(Nc2ncc3c(n2)-c2ccccc2NC(=O)C3)cc1. The molecule has 2 aromatic carbocycles. The molecule has 0 aliphatic carbocycles. The number of carbonyl (C=O) groups is 2. The van der Waals surface area contributed by atoms with Gasteiger partial charge in [0.2, 0.25) is 11.9 Å². The lowest BCUT2D eigenvalue weighted by Gasteiger charge is -2.19. The van der Waals surface area contributed by atoms with Crippen LogP contribution in [0.15, 0.2) is 54.7 Å². The average molecular weight is 457 g/mol. The lowest BCUT2D eigenvalue weighted by molar-refractivity contribution is -0.115. The van der Waals surface area contributed by atoms with Crippen molar-refractivity contribution in [2.75, 3.05) is 30.8 Å². The molecule has 0 radical (unpaired) electrons. The number of fused-ring (bicyclic) bond motifs is 3. The van der Waals surface area contributed by atoms with Crippen molar-refractivity contribution in [3.8, 4) is 11.3 Å². The Hall–Kier alpha value is -3.78. The zero-order valence-corrected chi connectivity index (χ0v) is 19.2. The highest BCUT2D eigenvalue weighted by Gasteiger charge is 2.21. The van der Waals surface area contributed by atoms with Gasteiger partial charge in [0.1, 0.15) is 0 Å². The van der Waals surface area contributed by atoms with Crippen LogP contribution in [-0.4, -0.2) is 52.9 Å². The highest BCUT2D eigenvalue weighted by Crippen LogP contribution is 2.32. The number of hydrogen-bond donors (Lipinski definition) is 3. The molecule has 2 aliphatic heterocycles. The normalized spacial score (nSPS) is 17.3. The van der Waals surface area contributed by atoms with Gasteiger partial charge in [-0.1, -0.05) is 18.2 Å². The fourth-order valence-electron chi connectivity index (χ4n) is 4.63. The first-order valence-corrected chi connectivity index (χ1v) is 11.7. The van der Waals surface area contributed by atoms with E-state index in [4.69, 9.17) is 0 Å². The topological polar surface area (TPSA) is 99.2 Å². The van der Waals surface area contributed by atoms with Gasteiger partial charge in [-0.15, -0.1) is 0 Å². The number of para-hydroxylation sites is 1. The Kier molecular flexibility index (Phi) is 6.22. The molecule has 5 rings (SSSR count). The number of nitrogens with one attached hydrogen (secondary N) is 3. The van der Waals surface area contributed by atoms with E-state index in [9.17, 15) is 9.59 Å². The third-order valence-electron chi connectivity index (χ3n) is 6.51. The number of amides is 2. The van der Waals surface area contributed by atoms with Crippen LogP contribution < -0.4 is 16.0 Å². The Balaban J connectivity index is 1.25. The molecule has 0 spiro atoms. The number of aromatic nitrogens is 2. The van der Waals surface area contributed by atoms with Crippen molar-refractivity contribution >= 4 is 29.1 Å². The van der Waals surface area contributed by atoms with E-state index in [0.29, 0.717) is 24.1 Å². The second kappa shape index (κ2) is 9.61. The molecule has 174 valence electrons. The quantitative estimate of drug-likeness (QED) is 0.524. The van der Waals surface area contributed by atoms with Gasteiger partial charge in [-0.2, -0.15) is 0 Å². The zero-order chi connectivity index (χ0) is 23.5. The van der Waals surface area contributed by atoms with E-state index in [1.807, 2.05) is 36.4 Å². The molecule has 1 unspecified atom stereocenters. The highest BCUT2D eigenvalue weighted by molar-refractivity contribution is 6.00. The molecule has 2 amide bonds. The Morgan fingerprint density at radius 2 is 2.00 bits per heavy atom. The second-order valence-electron chi connectivity index (χ2n) is 8.86. The van der Waals surface area contributed by atoms with Gasteiger partial charge in [0.15, 0.2) is 0 Å². The molecule has 0 bridgehead atoms. The van der Waals surface area contributed by atoms with Gasteiger partial charge in [-0.25, -0.2) is 9.97 Å². The third-order valence-corrected chi connectivity index (χ3v) is 6.51. The van der Waals surface area contributed by atoms with Crippen molar-refractivity contribution < 1.29 is 9.59 Å². The molecular weight excluding hydrogens is 428 g/mol. The van der Waals surface area contributed by atoms with Crippen molar-refractivity contribution in [2.24, 2.45) is 0 Å². The predicted octanol–water partition coefficient (Wildman–Crippen LogP) is 3.60. The zero-order valence-electron chi connectivity index (χ0n) is 19.2. The predicted molar refractivity (Wildman–Crippen MR) is 132 cm³/mol. The first kappa shape index (κ1) is 22.0. The minimum Gasteiger partial charge on any atom is -0.352 e. The Morgan fingerprint density at radius 1 is 1.18 bits per heavy atom. The second-order valence-corrected chi connectivity index (χ2v) is 8.86. The smallest absolute Gasteiger partial charge is 0.251 e. The Labute approximate surface area is 198 Å². The van der Waals surface area contributed by atoms with Crippen molar-refractivity contribution in [3.63, 3.8) is 0 Å². The number of benzene rings is 2. The molecule has 1 atom stereocenters. The summed E-state index contributed by atoms with van der Waals surface area (Å²) in [7, 11) is 2.15. The fraction of sp³-hybridized carbons (Fsp3) is 0.308. The fourth-order valence-corrected chi connectivity index (χ4v) is 4.63. The summed E-state index contributed by atoms with van der Waals surface area (Å²) in [6.45, 7) is 1.82. The lowest BCUT2D eigenvalue weighted by Crippen LogP contribution is -2.31. The summed E-state index contributed by atoms with van der Waals surface area (Å²) in [5.74, 6) is 0.280. The van der Waals surface area contributed by atoms with Gasteiger partial charge in [0.05, 0.1) is 17.8 Å². The Bertz CT molecular complexity index is 1210. The number of carbonyl (C=O) groups excluding carboxylic acids is 2. The van der Waals surface area contributed by atoms with Crippen LogP contribution in [0.2, 0.25) is 0 Å². The molecule has 3 aromatic rings. The van der Waals surface area contributed by atoms with Gasteiger partial charge in [0.25, 0.3) is 5.91 Å². The first-order chi connectivity index (χ1) is 16.6. The van der Waals surface area contributed by atoms with Crippen LogP contribution in [0.4, 0.5) is 17.3 Å². The van der Waals surface area contributed by atoms with Crippen molar-refractivity contribution in [1.29, 1.82) is 0 Å². The number of likely N-dealkylation sites (tertiary alicyclic amines) is 1. The van der Waals surface area contributed by atoms with E-state index >= 15 is 0 Å². The summed E-state index contributed by atoms with van der Waals surface area (Å²) in [4.78, 5) is 36.2. The molecule has 3 N–H and O–H groups in total. The molecule has 2 aliphatic rings. The van der Waals surface area contributed by atoms with Crippen LogP contribution in [0.1, 0.15) is 35.2 Å². The van der Waals surface area contributed by atoms with Gasteiger partial charge < -0.3 is 20.9 Å². The molecule has 8 nitrogen and oxygen atoms in total. The lowest BCUT2D eigenvalue weighted by atomic mass is 10.1. The van der Waals surface area contributed by atoms with E-state index in [0.717, 1.165) is 41.2 Å². The van der Waals surface area contributed by atoms with Crippen LogP contribution in [0.3, 0.4) is 0 Å². The van der Waals surface area contributed by atoms with Crippen LogP contribution in [-0.2, 0) is 11.2 Å². The van der Waals surface area contributed by atoms with Crippen LogP contribution >= 0.6 is 0 Å². The van der Waals surface area contributed by atoms with Gasteiger partial charge >= 0.3 is 0 Å².